The molecule has 0 aromatic heterocycles. The van der Waals surface area contributed by atoms with Gasteiger partial charge < -0.3 is 16.0 Å². The van der Waals surface area contributed by atoms with Gasteiger partial charge in [0.15, 0.2) is 0 Å². The van der Waals surface area contributed by atoms with Crippen molar-refractivity contribution in [3.8, 4) is 0 Å². The van der Waals surface area contributed by atoms with Crippen LogP contribution in [-0.4, -0.2) is 57.7 Å². The molecule has 2 aromatic rings. The van der Waals surface area contributed by atoms with Crippen LogP contribution in [0.15, 0.2) is 64.9 Å². The van der Waals surface area contributed by atoms with E-state index in [2.05, 4.69) is 20.7 Å². The average Bonchev–Trinajstić information content (AvgIpc) is 2.86. The van der Waals surface area contributed by atoms with Gasteiger partial charge in [-0.3, -0.25) is 9.59 Å². The lowest BCUT2D eigenvalue weighted by molar-refractivity contribution is -0.133. The maximum atomic E-state index is 13.1. The molecule has 35 heavy (non-hydrogen) atoms. The van der Waals surface area contributed by atoms with Gasteiger partial charge in [0.2, 0.25) is 21.8 Å². The first-order chi connectivity index (χ1) is 16.8. The topological polar surface area (TPSA) is 116 Å². The van der Waals surface area contributed by atoms with Gasteiger partial charge in [0, 0.05) is 13.1 Å². The number of nitrogens with one attached hydrogen (secondary N) is 4. The van der Waals surface area contributed by atoms with Gasteiger partial charge in [-0.05, 0) is 62.0 Å². The fourth-order valence-corrected chi connectivity index (χ4v) is 5.32. The predicted octanol–water partition coefficient (Wildman–Crippen LogP) is 2.03. The smallest absolute Gasteiger partial charge is 0.245 e. The third-order valence-electron chi connectivity index (χ3n) is 5.68. The zero-order valence-electron chi connectivity index (χ0n) is 19.8. The Bertz CT molecular complexity index is 1110. The van der Waals surface area contributed by atoms with Gasteiger partial charge in [0.05, 0.1) is 10.6 Å². The van der Waals surface area contributed by atoms with Crippen molar-refractivity contribution in [2.24, 2.45) is 0 Å². The van der Waals surface area contributed by atoms with Crippen LogP contribution >= 0.6 is 11.8 Å². The van der Waals surface area contributed by atoms with Gasteiger partial charge in [-0.15, -0.1) is 11.8 Å². The molecule has 0 unspecified atom stereocenters. The standard InChI is InChI=1S/C25H32N4O4S2/c1-20-7-9-22(10-8-20)35(32,33)28-17-16-27-24(31)25(12-14-26-15-13-25)29-23(30)19-34-18-11-21-5-3-2-4-6-21/h2-11,18,26,28H,12-17,19H2,1H3,(H,27,31)(H,29,30)/b18-11+. The summed E-state index contributed by atoms with van der Waals surface area (Å²) in [4.78, 5) is 25.8. The molecule has 4 N–H and O–H groups in total. The molecule has 1 fully saturated rings. The number of hydrogen-bond donors (Lipinski definition) is 4. The van der Waals surface area contributed by atoms with E-state index in [4.69, 9.17) is 0 Å². The Labute approximate surface area is 211 Å². The monoisotopic (exact) mass is 516 g/mol. The van der Waals surface area contributed by atoms with Crippen molar-refractivity contribution >= 4 is 39.7 Å². The molecule has 10 heteroatoms. The molecule has 0 bridgehead atoms. The minimum atomic E-state index is -3.66. The van der Waals surface area contributed by atoms with Crippen molar-refractivity contribution in [3.05, 3.63) is 71.1 Å². The lowest BCUT2D eigenvalue weighted by Crippen LogP contribution is -2.63. The summed E-state index contributed by atoms with van der Waals surface area (Å²) in [5.74, 6) is -0.321. The van der Waals surface area contributed by atoms with Crippen LogP contribution in [0.4, 0.5) is 0 Å². The van der Waals surface area contributed by atoms with Crippen LogP contribution in [0.1, 0.15) is 24.0 Å². The molecule has 3 rings (SSSR count). The zero-order chi connectivity index (χ0) is 25.2. The highest BCUT2D eigenvalue weighted by Gasteiger charge is 2.40. The number of aryl methyl sites for hydroxylation is 1. The summed E-state index contributed by atoms with van der Waals surface area (Å²) in [6.45, 7) is 3.26. The van der Waals surface area contributed by atoms with Crippen LogP contribution < -0.4 is 20.7 Å². The second kappa shape index (κ2) is 12.9. The number of carbonyl (C=O) groups excluding carboxylic acids is 2. The highest BCUT2D eigenvalue weighted by Crippen LogP contribution is 2.19. The van der Waals surface area contributed by atoms with Crippen LogP contribution in [0.2, 0.25) is 0 Å². The van der Waals surface area contributed by atoms with E-state index in [1.807, 2.05) is 48.7 Å². The van der Waals surface area contributed by atoms with Gasteiger partial charge in [-0.1, -0.05) is 48.0 Å². The molecule has 1 aliphatic rings. The number of benzene rings is 2. The van der Waals surface area contributed by atoms with E-state index in [1.165, 1.54) is 11.8 Å². The van der Waals surface area contributed by atoms with Gasteiger partial charge in [0.1, 0.15) is 5.54 Å². The van der Waals surface area contributed by atoms with Gasteiger partial charge in [-0.25, -0.2) is 13.1 Å². The molecule has 188 valence electrons. The molecule has 0 saturated carbocycles. The van der Waals surface area contributed by atoms with Crippen molar-refractivity contribution in [1.29, 1.82) is 0 Å². The maximum Gasteiger partial charge on any atom is 0.245 e. The van der Waals surface area contributed by atoms with Crippen molar-refractivity contribution in [2.75, 3.05) is 31.9 Å². The number of hydrogen-bond acceptors (Lipinski definition) is 6. The van der Waals surface area contributed by atoms with E-state index in [-0.39, 0.29) is 35.6 Å². The third-order valence-corrected chi connectivity index (χ3v) is 7.91. The SMILES string of the molecule is Cc1ccc(S(=O)(=O)NCCNC(=O)C2(NC(=O)CS/C=C/c3ccccc3)CCNCC2)cc1. The fraction of sp³-hybridized carbons (Fsp3) is 0.360. The Morgan fingerprint density at radius 2 is 1.71 bits per heavy atom. The van der Waals surface area contributed by atoms with E-state index in [1.54, 1.807) is 24.3 Å². The van der Waals surface area contributed by atoms with Gasteiger partial charge >= 0.3 is 0 Å². The summed E-state index contributed by atoms with van der Waals surface area (Å²) >= 11 is 1.36. The third kappa shape index (κ3) is 8.21. The van der Waals surface area contributed by atoms with Gasteiger partial charge in [0.25, 0.3) is 0 Å². The number of thioether (sulfide) groups is 1. The largest absolute Gasteiger partial charge is 0.353 e. The van der Waals surface area contributed by atoms with E-state index in [0.717, 1.165) is 11.1 Å². The van der Waals surface area contributed by atoms with Crippen LogP contribution in [-0.2, 0) is 19.6 Å². The predicted molar refractivity (Wildman–Crippen MR) is 140 cm³/mol. The minimum absolute atomic E-state index is 0.0460. The van der Waals surface area contributed by atoms with Crippen LogP contribution in [0.5, 0.6) is 0 Å². The maximum absolute atomic E-state index is 13.1. The summed E-state index contributed by atoms with van der Waals surface area (Å²) < 4.78 is 27.3. The van der Waals surface area contributed by atoms with Crippen molar-refractivity contribution in [1.82, 2.24) is 20.7 Å². The quantitative estimate of drug-likeness (QED) is 0.340. The fourth-order valence-electron chi connectivity index (χ4n) is 3.71. The normalized spacial score (nSPS) is 15.6. The summed E-state index contributed by atoms with van der Waals surface area (Å²) in [7, 11) is -3.66. The lowest BCUT2D eigenvalue weighted by atomic mass is 9.87. The van der Waals surface area contributed by atoms with Crippen LogP contribution in [0.25, 0.3) is 6.08 Å². The van der Waals surface area contributed by atoms with Crippen molar-refractivity contribution in [2.45, 2.75) is 30.2 Å². The molecule has 1 aliphatic heterocycles. The molecular weight excluding hydrogens is 484 g/mol. The summed E-state index contributed by atoms with van der Waals surface area (Å²) in [5, 5.41) is 10.8. The second-order valence-corrected chi connectivity index (χ2v) is 11.0. The van der Waals surface area contributed by atoms with E-state index < -0.39 is 15.6 Å². The molecule has 1 heterocycles. The number of piperidine rings is 1. The highest BCUT2D eigenvalue weighted by atomic mass is 32.2. The van der Waals surface area contributed by atoms with E-state index in [0.29, 0.717) is 25.9 Å². The van der Waals surface area contributed by atoms with E-state index in [9.17, 15) is 18.0 Å². The first-order valence-electron chi connectivity index (χ1n) is 11.5. The number of sulfonamides is 1. The molecule has 1 saturated heterocycles. The molecule has 8 nitrogen and oxygen atoms in total. The first kappa shape index (κ1) is 26.9. The van der Waals surface area contributed by atoms with Crippen molar-refractivity contribution in [3.63, 3.8) is 0 Å². The Kier molecular flexibility index (Phi) is 9.91. The average molecular weight is 517 g/mol. The zero-order valence-corrected chi connectivity index (χ0v) is 21.4. The molecule has 0 radical (unpaired) electrons. The second-order valence-electron chi connectivity index (χ2n) is 8.37. The Morgan fingerprint density at radius 1 is 1.03 bits per heavy atom. The molecular formula is C25H32N4O4S2. The number of carbonyl (C=O) groups is 2. The molecule has 2 aromatic carbocycles. The summed E-state index contributed by atoms with van der Waals surface area (Å²) in [6, 6.07) is 16.4. The molecule has 0 spiro atoms. The Morgan fingerprint density at radius 3 is 2.40 bits per heavy atom. The van der Waals surface area contributed by atoms with Gasteiger partial charge in [-0.2, -0.15) is 0 Å². The Balaban J connectivity index is 1.49. The van der Waals surface area contributed by atoms with Crippen LogP contribution in [0, 0.1) is 6.92 Å². The molecule has 2 amide bonds. The van der Waals surface area contributed by atoms with E-state index >= 15 is 0 Å². The minimum Gasteiger partial charge on any atom is -0.353 e. The number of rotatable bonds is 11. The summed E-state index contributed by atoms with van der Waals surface area (Å²) in [6.07, 6.45) is 2.86. The molecule has 0 atom stereocenters. The Hall–Kier alpha value is -2.66. The number of amides is 2. The lowest BCUT2D eigenvalue weighted by Gasteiger charge is -2.37. The highest BCUT2D eigenvalue weighted by molar-refractivity contribution is 8.02. The van der Waals surface area contributed by atoms with Crippen LogP contribution in [0.3, 0.4) is 0 Å². The summed E-state index contributed by atoms with van der Waals surface area (Å²) in [5.41, 5.74) is 1.01. The first-order valence-corrected chi connectivity index (χ1v) is 14.0. The van der Waals surface area contributed by atoms with Crippen molar-refractivity contribution < 1.29 is 18.0 Å². The molecule has 0 aliphatic carbocycles.